The molecule has 0 aromatic heterocycles. The van der Waals surface area contributed by atoms with E-state index in [1.54, 1.807) is 18.2 Å². The van der Waals surface area contributed by atoms with E-state index in [9.17, 15) is 14.4 Å². The fourth-order valence-corrected chi connectivity index (χ4v) is 2.56. The molecule has 0 radical (unpaired) electrons. The first kappa shape index (κ1) is 14.9. The van der Waals surface area contributed by atoms with E-state index in [-0.39, 0.29) is 18.2 Å². The van der Waals surface area contributed by atoms with E-state index in [1.807, 2.05) is 6.07 Å². The summed E-state index contributed by atoms with van der Waals surface area (Å²) in [5.41, 5.74) is 6.32. The molecule has 3 rings (SSSR count). The highest BCUT2D eigenvalue weighted by molar-refractivity contribution is 6.12. The molecule has 2 aliphatic rings. The van der Waals surface area contributed by atoms with Gasteiger partial charge in [-0.2, -0.15) is 0 Å². The van der Waals surface area contributed by atoms with Crippen LogP contribution >= 0.6 is 0 Å². The van der Waals surface area contributed by atoms with Gasteiger partial charge >= 0.3 is 0 Å². The lowest BCUT2D eigenvalue weighted by Crippen LogP contribution is -2.52. The zero-order valence-electron chi connectivity index (χ0n) is 11.8. The Morgan fingerprint density at radius 2 is 1.81 bits per heavy atom. The van der Waals surface area contributed by atoms with Crippen molar-refractivity contribution in [3.05, 3.63) is 42.0 Å². The van der Waals surface area contributed by atoms with Crippen LogP contribution in [0, 0.1) is 0 Å². The van der Waals surface area contributed by atoms with Crippen molar-refractivity contribution in [2.45, 2.75) is 18.9 Å². The van der Waals surface area contributed by atoms with Crippen LogP contribution in [0.25, 0.3) is 5.70 Å². The van der Waals surface area contributed by atoms with Gasteiger partial charge in [0.05, 0.1) is 0 Å². The number of rotatable bonds is 1. The second kappa shape index (κ2) is 5.88. The van der Waals surface area contributed by atoms with Crippen LogP contribution in [0.4, 0.5) is 0 Å². The highest BCUT2D eigenvalue weighted by Gasteiger charge is 2.41. The van der Waals surface area contributed by atoms with Crippen LogP contribution in [0.1, 0.15) is 28.8 Å². The number of nitrogens with zero attached hydrogens (tertiary/aromatic N) is 1. The third-order valence-corrected chi connectivity index (χ3v) is 3.50. The molecule has 0 bridgehead atoms. The maximum Gasteiger partial charge on any atom is 0.259 e. The Labute approximate surface area is 122 Å². The second-order valence-electron chi connectivity index (χ2n) is 4.63. The Bertz CT molecular complexity index is 589. The summed E-state index contributed by atoms with van der Waals surface area (Å²) in [7, 11) is 1.50. The van der Waals surface area contributed by atoms with E-state index < -0.39 is 11.9 Å². The quantitative estimate of drug-likeness (QED) is 0.735. The average molecular weight is 287 g/mol. The number of imide groups is 1. The predicted molar refractivity (Wildman–Crippen MR) is 77.9 cm³/mol. The molecule has 6 heteroatoms. The molecule has 0 aliphatic carbocycles. The number of piperidine rings is 1. The normalized spacial score (nSPS) is 20.7. The minimum atomic E-state index is -0.648. The van der Waals surface area contributed by atoms with Crippen LogP contribution in [-0.2, 0) is 9.59 Å². The van der Waals surface area contributed by atoms with E-state index in [0.29, 0.717) is 17.7 Å². The Morgan fingerprint density at radius 1 is 1.19 bits per heavy atom. The summed E-state index contributed by atoms with van der Waals surface area (Å²) in [6, 6.07) is 6.48. The maximum atomic E-state index is 12.3. The fraction of sp³-hybridized carbons (Fsp3) is 0.267. The third kappa shape index (κ3) is 2.45. The summed E-state index contributed by atoms with van der Waals surface area (Å²) in [6.07, 6.45) is 0.577. The maximum absolute atomic E-state index is 12.3. The lowest BCUT2D eigenvalue weighted by molar-refractivity contribution is -0.136. The molecule has 1 unspecified atom stereocenters. The number of amides is 3. The van der Waals surface area contributed by atoms with Crippen LogP contribution in [0.15, 0.2) is 30.8 Å². The van der Waals surface area contributed by atoms with Crippen molar-refractivity contribution < 1.29 is 14.4 Å². The highest BCUT2D eigenvalue weighted by Crippen LogP contribution is 2.34. The summed E-state index contributed by atoms with van der Waals surface area (Å²) < 4.78 is 0. The number of benzene rings is 1. The summed E-state index contributed by atoms with van der Waals surface area (Å²) in [5.74, 6) is -0.954. The van der Waals surface area contributed by atoms with Gasteiger partial charge in [-0.15, -0.1) is 0 Å². The van der Waals surface area contributed by atoms with E-state index in [0.717, 1.165) is 5.56 Å². The molecular weight excluding hydrogens is 270 g/mol. The number of hydrogen-bond donors (Lipinski definition) is 2. The molecule has 1 saturated heterocycles. The van der Waals surface area contributed by atoms with Gasteiger partial charge in [-0.3, -0.25) is 24.6 Å². The van der Waals surface area contributed by atoms with Crippen molar-refractivity contribution in [3.63, 3.8) is 0 Å². The van der Waals surface area contributed by atoms with E-state index in [2.05, 4.69) is 17.6 Å². The Kier molecular flexibility index (Phi) is 4.18. The van der Waals surface area contributed by atoms with Gasteiger partial charge in [-0.25, -0.2) is 0 Å². The van der Waals surface area contributed by atoms with Gasteiger partial charge in [0.25, 0.3) is 5.91 Å². The summed E-state index contributed by atoms with van der Waals surface area (Å²) in [6.45, 7) is 3.90. The van der Waals surface area contributed by atoms with Gasteiger partial charge in [0.2, 0.25) is 11.8 Å². The molecule has 6 nitrogen and oxygen atoms in total. The highest BCUT2D eigenvalue weighted by atomic mass is 16.2. The molecule has 2 heterocycles. The van der Waals surface area contributed by atoms with Gasteiger partial charge in [0, 0.05) is 23.2 Å². The van der Waals surface area contributed by atoms with E-state index in [4.69, 9.17) is 0 Å². The lowest BCUT2D eigenvalue weighted by atomic mass is 10.0. The molecule has 110 valence electrons. The predicted octanol–water partition coefficient (Wildman–Crippen LogP) is 0.493. The van der Waals surface area contributed by atoms with Crippen LogP contribution in [0.2, 0.25) is 0 Å². The Morgan fingerprint density at radius 3 is 2.38 bits per heavy atom. The van der Waals surface area contributed by atoms with Gasteiger partial charge in [-0.1, -0.05) is 24.8 Å². The molecule has 1 aromatic rings. The molecule has 1 atom stereocenters. The number of hydrogen-bond acceptors (Lipinski definition) is 4. The van der Waals surface area contributed by atoms with Crippen LogP contribution in [-0.4, -0.2) is 35.7 Å². The first-order valence-corrected chi connectivity index (χ1v) is 6.63. The average Bonchev–Trinajstić information content (AvgIpc) is 2.75. The van der Waals surface area contributed by atoms with Gasteiger partial charge in [0.15, 0.2) is 0 Å². The van der Waals surface area contributed by atoms with Crippen LogP contribution < -0.4 is 11.1 Å². The van der Waals surface area contributed by atoms with Crippen molar-refractivity contribution in [3.8, 4) is 0 Å². The zero-order valence-corrected chi connectivity index (χ0v) is 11.8. The smallest absolute Gasteiger partial charge is 0.259 e. The molecule has 1 aromatic carbocycles. The Balaban J connectivity index is 0.000000774. The first-order chi connectivity index (χ1) is 10.1. The second-order valence-corrected chi connectivity index (χ2v) is 4.63. The van der Waals surface area contributed by atoms with Gasteiger partial charge in [-0.05, 0) is 19.5 Å². The van der Waals surface area contributed by atoms with Crippen molar-refractivity contribution in [1.29, 1.82) is 0 Å². The molecule has 0 spiro atoms. The molecule has 0 saturated carbocycles. The SMILES string of the molecule is C=C1c2ccccc2C(=O)N1C1CCC(=O)NC1=O.CN. The van der Waals surface area contributed by atoms with Crippen LogP contribution in [0.5, 0.6) is 0 Å². The molecule has 3 amide bonds. The lowest BCUT2D eigenvalue weighted by Gasteiger charge is -2.30. The number of nitrogens with one attached hydrogen (secondary N) is 1. The fourth-order valence-electron chi connectivity index (χ4n) is 2.56. The summed E-state index contributed by atoms with van der Waals surface area (Å²) >= 11 is 0. The van der Waals surface area contributed by atoms with Crippen molar-refractivity contribution in [2.75, 3.05) is 7.05 Å². The zero-order chi connectivity index (χ0) is 15.6. The van der Waals surface area contributed by atoms with Crippen molar-refractivity contribution >= 4 is 23.4 Å². The molecule has 3 N–H and O–H groups in total. The van der Waals surface area contributed by atoms with Crippen molar-refractivity contribution in [1.82, 2.24) is 10.2 Å². The standard InChI is InChI=1S/C14H12N2O3.CH5N/c1-8-9-4-2-3-5-10(9)14(19)16(8)11-6-7-12(17)15-13(11)18;1-2/h2-5,11H,1,6-7H2,(H,15,17,18);2H2,1H3. The monoisotopic (exact) mass is 287 g/mol. The largest absolute Gasteiger partial charge is 0.333 e. The van der Waals surface area contributed by atoms with Crippen LogP contribution in [0.3, 0.4) is 0 Å². The first-order valence-electron chi connectivity index (χ1n) is 6.63. The number of fused-ring (bicyclic) bond motifs is 1. The van der Waals surface area contributed by atoms with Crippen molar-refractivity contribution in [2.24, 2.45) is 5.73 Å². The third-order valence-electron chi connectivity index (χ3n) is 3.50. The summed E-state index contributed by atoms with van der Waals surface area (Å²) in [4.78, 5) is 36.8. The number of carbonyl (C=O) groups is 3. The summed E-state index contributed by atoms with van der Waals surface area (Å²) in [5, 5.41) is 2.26. The van der Waals surface area contributed by atoms with E-state index >= 15 is 0 Å². The Hall–Kier alpha value is -2.47. The number of nitrogens with two attached hydrogens (primary N) is 1. The van der Waals surface area contributed by atoms with E-state index in [1.165, 1.54) is 11.9 Å². The van der Waals surface area contributed by atoms with Gasteiger partial charge < -0.3 is 5.73 Å². The molecule has 21 heavy (non-hydrogen) atoms. The topological polar surface area (TPSA) is 92.5 Å². The molecule has 2 aliphatic heterocycles. The number of carbonyl (C=O) groups excluding carboxylic acids is 3. The minimum Gasteiger partial charge on any atom is -0.333 e. The molecular formula is C15H17N3O3. The minimum absolute atomic E-state index is 0.227. The molecule has 1 fully saturated rings. The van der Waals surface area contributed by atoms with Gasteiger partial charge in [0.1, 0.15) is 6.04 Å².